The minimum Gasteiger partial charge on any atom is -0.464 e. The molecular formula is C18H24N2O2. The Hall–Kier alpha value is -2.10. The van der Waals surface area contributed by atoms with E-state index in [-0.39, 0.29) is 12.0 Å². The molecule has 22 heavy (non-hydrogen) atoms. The normalized spacial score (nSPS) is 12.4. The summed E-state index contributed by atoms with van der Waals surface area (Å²) in [7, 11) is 0. The van der Waals surface area contributed by atoms with E-state index in [0.717, 1.165) is 22.3 Å². The number of nitrogens with one attached hydrogen (secondary N) is 1. The van der Waals surface area contributed by atoms with Gasteiger partial charge in [0, 0.05) is 5.39 Å². The van der Waals surface area contributed by atoms with E-state index in [9.17, 15) is 4.79 Å². The van der Waals surface area contributed by atoms with Gasteiger partial charge in [-0.15, -0.1) is 0 Å². The molecule has 0 saturated carbocycles. The standard InChI is InChI=1S/C18H24N2O2/c1-5-22-18(21)16(10-12(2)3)20-17-11-13(4)14-8-6-7-9-15(14)19-17/h6-9,11-12,16H,5,10H2,1-4H3,(H,19,20). The number of benzene rings is 1. The molecule has 0 radical (unpaired) electrons. The third kappa shape index (κ3) is 3.97. The topological polar surface area (TPSA) is 51.2 Å². The average molecular weight is 300 g/mol. The minimum absolute atomic E-state index is 0.219. The zero-order chi connectivity index (χ0) is 16.1. The molecule has 4 heteroatoms. The first-order valence-electron chi connectivity index (χ1n) is 7.80. The maximum Gasteiger partial charge on any atom is 0.328 e. The molecule has 1 atom stereocenters. The van der Waals surface area contributed by atoms with Crippen molar-refractivity contribution in [3.05, 3.63) is 35.9 Å². The first-order valence-corrected chi connectivity index (χ1v) is 7.80. The Balaban J connectivity index is 2.27. The Morgan fingerprint density at radius 3 is 2.73 bits per heavy atom. The summed E-state index contributed by atoms with van der Waals surface area (Å²) in [6.45, 7) is 8.44. The van der Waals surface area contributed by atoms with Crippen molar-refractivity contribution in [2.45, 2.75) is 40.2 Å². The summed E-state index contributed by atoms with van der Waals surface area (Å²) in [4.78, 5) is 16.7. The highest BCUT2D eigenvalue weighted by Gasteiger charge is 2.21. The molecule has 2 aromatic rings. The van der Waals surface area contributed by atoms with Crippen LogP contribution in [-0.2, 0) is 9.53 Å². The number of rotatable bonds is 6. The van der Waals surface area contributed by atoms with Gasteiger partial charge in [-0.2, -0.15) is 0 Å². The third-order valence-electron chi connectivity index (χ3n) is 3.52. The summed E-state index contributed by atoms with van der Waals surface area (Å²) >= 11 is 0. The highest BCUT2D eigenvalue weighted by atomic mass is 16.5. The number of ether oxygens (including phenoxy) is 1. The van der Waals surface area contributed by atoms with Gasteiger partial charge in [0.15, 0.2) is 0 Å². The Bertz CT molecular complexity index is 653. The van der Waals surface area contributed by atoms with Gasteiger partial charge in [0.2, 0.25) is 0 Å². The quantitative estimate of drug-likeness (QED) is 0.821. The number of nitrogens with zero attached hydrogens (tertiary/aromatic N) is 1. The SMILES string of the molecule is CCOC(=O)C(CC(C)C)Nc1cc(C)c2ccccc2n1. The molecule has 1 unspecified atom stereocenters. The molecule has 0 amide bonds. The van der Waals surface area contributed by atoms with E-state index >= 15 is 0 Å². The van der Waals surface area contributed by atoms with E-state index in [2.05, 4.69) is 37.1 Å². The van der Waals surface area contributed by atoms with E-state index in [4.69, 9.17) is 4.74 Å². The van der Waals surface area contributed by atoms with Crippen molar-refractivity contribution < 1.29 is 9.53 Å². The Labute approximate surface area is 131 Å². The molecule has 0 bridgehead atoms. The predicted molar refractivity (Wildman–Crippen MR) is 90.0 cm³/mol. The van der Waals surface area contributed by atoms with E-state index in [1.54, 1.807) is 0 Å². The highest BCUT2D eigenvalue weighted by molar-refractivity contribution is 5.85. The second-order valence-corrected chi connectivity index (χ2v) is 5.92. The lowest BCUT2D eigenvalue weighted by molar-refractivity contribution is -0.144. The number of anilines is 1. The number of aromatic nitrogens is 1. The van der Waals surface area contributed by atoms with Gasteiger partial charge in [0.1, 0.15) is 11.9 Å². The number of para-hydroxylation sites is 1. The first-order chi connectivity index (χ1) is 10.5. The molecule has 0 saturated heterocycles. The molecule has 1 heterocycles. The number of hydrogen-bond acceptors (Lipinski definition) is 4. The lowest BCUT2D eigenvalue weighted by atomic mass is 10.0. The van der Waals surface area contributed by atoms with Crippen molar-refractivity contribution in [3.63, 3.8) is 0 Å². The van der Waals surface area contributed by atoms with Gasteiger partial charge < -0.3 is 10.1 Å². The smallest absolute Gasteiger partial charge is 0.328 e. The van der Waals surface area contributed by atoms with Crippen LogP contribution in [0.15, 0.2) is 30.3 Å². The predicted octanol–water partition coefficient (Wildman–Crippen LogP) is 3.93. The number of esters is 1. The fraction of sp³-hybridized carbons (Fsp3) is 0.444. The lowest BCUT2D eigenvalue weighted by Crippen LogP contribution is -2.33. The number of aryl methyl sites for hydroxylation is 1. The van der Waals surface area contributed by atoms with Crippen LogP contribution in [0.2, 0.25) is 0 Å². The Kier molecular flexibility index (Phi) is 5.36. The van der Waals surface area contributed by atoms with Crippen molar-refractivity contribution in [1.29, 1.82) is 0 Å². The van der Waals surface area contributed by atoms with E-state index in [0.29, 0.717) is 18.9 Å². The van der Waals surface area contributed by atoms with Crippen LogP contribution < -0.4 is 5.32 Å². The number of hydrogen-bond donors (Lipinski definition) is 1. The molecule has 1 aromatic heterocycles. The minimum atomic E-state index is -0.368. The number of carbonyl (C=O) groups excluding carboxylic acids is 1. The monoisotopic (exact) mass is 300 g/mol. The van der Waals surface area contributed by atoms with Crippen LogP contribution in [0.25, 0.3) is 10.9 Å². The largest absolute Gasteiger partial charge is 0.464 e. The fourth-order valence-electron chi connectivity index (χ4n) is 2.53. The molecule has 118 valence electrons. The second kappa shape index (κ2) is 7.25. The summed E-state index contributed by atoms with van der Waals surface area (Å²) in [5.41, 5.74) is 2.07. The number of carbonyl (C=O) groups is 1. The Morgan fingerprint density at radius 2 is 2.05 bits per heavy atom. The Morgan fingerprint density at radius 1 is 1.32 bits per heavy atom. The molecule has 1 aromatic carbocycles. The van der Waals surface area contributed by atoms with Crippen LogP contribution in [-0.4, -0.2) is 23.6 Å². The van der Waals surface area contributed by atoms with E-state index < -0.39 is 0 Å². The van der Waals surface area contributed by atoms with Crippen LogP contribution in [0.5, 0.6) is 0 Å². The fourth-order valence-corrected chi connectivity index (χ4v) is 2.53. The highest BCUT2D eigenvalue weighted by Crippen LogP contribution is 2.21. The molecular weight excluding hydrogens is 276 g/mol. The van der Waals surface area contributed by atoms with Crippen molar-refractivity contribution in [2.75, 3.05) is 11.9 Å². The number of pyridine rings is 1. The maximum absolute atomic E-state index is 12.1. The third-order valence-corrected chi connectivity index (χ3v) is 3.52. The molecule has 0 aliphatic heterocycles. The molecule has 0 aliphatic rings. The first kappa shape index (κ1) is 16.3. The van der Waals surface area contributed by atoms with Crippen LogP contribution in [0.4, 0.5) is 5.82 Å². The summed E-state index contributed by atoms with van der Waals surface area (Å²) in [5.74, 6) is 0.891. The van der Waals surface area contributed by atoms with Crippen molar-refractivity contribution in [2.24, 2.45) is 5.92 Å². The van der Waals surface area contributed by atoms with Gasteiger partial charge >= 0.3 is 5.97 Å². The summed E-state index contributed by atoms with van der Waals surface area (Å²) < 4.78 is 5.17. The molecule has 2 rings (SSSR count). The van der Waals surface area contributed by atoms with Gasteiger partial charge in [-0.05, 0) is 43.9 Å². The number of fused-ring (bicyclic) bond motifs is 1. The van der Waals surface area contributed by atoms with Gasteiger partial charge in [0.05, 0.1) is 12.1 Å². The summed E-state index contributed by atoms with van der Waals surface area (Å²) in [6.07, 6.45) is 0.715. The van der Waals surface area contributed by atoms with Crippen LogP contribution in [0.1, 0.15) is 32.8 Å². The van der Waals surface area contributed by atoms with Crippen molar-refractivity contribution >= 4 is 22.7 Å². The van der Waals surface area contributed by atoms with Crippen LogP contribution >= 0.6 is 0 Å². The van der Waals surface area contributed by atoms with Crippen LogP contribution in [0.3, 0.4) is 0 Å². The van der Waals surface area contributed by atoms with Crippen molar-refractivity contribution in [1.82, 2.24) is 4.98 Å². The van der Waals surface area contributed by atoms with Gasteiger partial charge in [0.25, 0.3) is 0 Å². The molecule has 4 nitrogen and oxygen atoms in total. The van der Waals surface area contributed by atoms with Gasteiger partial charge in [-0.1, -0.05) is 32.0 Å². The van der Waals surface area contributed by atoms with E-state index in [1.807, 2.05) is 31.2 Å². The van der Waals surface area contributed by atoms with Crippen LogP contribution in [0, 0.1) is 12.8 Å². The summed E-state index contributed by atoms with van der Waals surface area (Å²) in [5, 5.41) is 4.37. The maximum atomic E-state index is 12.1. The van der Waals surface area contributed by atoms with Gasteiger partial charge in [-0.25, -0.2) is 9.78 Å². The van der Waals surface area contributed by atoms with Gasteiger partial charge in [-0.3, -0.25) is 0 Å². The zero-order valence-corrected chi connectivity index (χ0v) is 13.7. The lowest BCUT2D eigenvalue weighted by Gasteiger charge is -2.20. The molecule has 0 fully saturated rings. The second-order valence-electron chi connectivity index (χ2n) is 5.92. The molecule has 0 aliphatic carbocycles. The average Bonchev–Trinajstić information content (AvgIpc) is 2.46. The van der Waals surface area contributed by atoms with Crippen molar-refractivity contribution in [3.8, 4) is 0 Å². The molecule has 0 spiro atoms. The summed E-state index contributed by atoms with van der Waals surface area (Å²) in [6, 6.07) is 9.62. The molecule has 1 N–H and O–H groups in total. The van der Waals surface area contributed by atoms with E-state index in [1.165, 1.54) is 0 Å². The zero-order valence-electron chi connectivity index (χ0n) is 13.7.